The molecule has 0 radical (unpaired) electrons. The molecule has 2 fully saturated rings. The van der Waals surface area contributed by atoms with Crippen molar-refractivity contribution in [3.05, 3.63) is 85.1 Å². The summed E-state index contributed by atoms with van der Waals surface area (Å²) >= 11 is 0. The molecule has 528 valence electrons. The maximum atomic E-state index is 13.4. The van der Waals surface area contributed by atoms with Crippen LogP contribution in [0.5, 0.6) is 0 Å². The Hall–Kier alpha value is -2.83. The van der Waals surface area contributed by atoms with Crippen LogP contribution in [0.3, 0.4) is 0 Å². The van der Waals surface area contributed by atoms with E-state index in [2.05, 4.69) is 92.1 Å². The molecule has 12 unspecified atom stereocenters. The molecule has 9 N–H and O–H groups in total. The Morgan fingerprint density at radius 3 is 1.21 bits per heavy atom. The lowest BCUT2D eigenvalue weighted by molar-refractivity contribution is -0.359. The first kappa shape index (κ1) is 84.3. The quantitative estimate of drug-likeness (QED) is 0.0204. The summed E-state index contributed by atoms with van der Waals surface area (Å²) in [6, 6.07) is -0.940. The maximum absolute atomic E-state index is 13.4. The second-order valence-electron chi connectivity index (χ2n) is 26.0. The van der Waals surface area contributed by atoms with Crippen LogP contribution in [-0.4, -0.2) is 140 Å². The summed E-state index contributed by atoms with van der Waals surface area (Å²) in [6.07, 6.45) is 67.9. The number of amides is 1. The number of rotatable bonds is 61. The molecular weight excluding hydrogens is 1150 g/mol. The van der Waals surface area contributed by atoms with Crippen molar-refractivity contribution in [2.24, 2.45) is 0 Å². The van der Waals surface area contributed by atoms with Crippen molar-refractivity contribution < 1.29 is 64.6 Å². The standard InChI is InChI=1S/C77H137NO13/c1-3-5-7-9-11-13-15-17-19-21-23-25-27-29-31-32-33-35-36-38-40-42-44-46-48-50-52-54-56-58-60-66(81)65(64-88-76-74(87)72(85)75(68(63-80)90-76)91-77-73(86)71(84)70(83)67(62-79)89-77)78-69(82)61-59-57-55-53-51-49-47-45-43-41-39-37-34-30-28-26-24-22-20-18-16-14-12-10-8-6-4-2/h6,8,12,14,18,20,24,26,30,34,50,52,58,60,65-68,70-77,79-81,83-87H,3-5,7,9-11,13,15-17,19,21-23,25,27-29,31-33,35-49,51,53-57,59,61-64H2,1-2H3,(H,78,82)/b8-6-,14-12-,20-18-,26-24-,34-30-,52-50+,60-58+. The fourth-order valence-electron chi connectivity index (χ4n) is 11.9. The van der Waals surface area contributed by atoms with Gasteiger partial charge in [0.05, 0.1) is 32.0 Å². The Morgan fingerprint density at radius 1 is 0.407 bits per heavy atom. The van der Waals surface area contributed by atoms with Gasteiger partial charge in [-0.1, -0.05) is 304 Å². The highest BCUT2D eigenvalue weighted by atomic mass is 16.7. The molecule has 0 spiro atoms. The van der Waals surface area contributed by atoms with Crippen LogP contribution >= 0.6 is 0 Å². The Balaban J connectivity index is 1.68. The van der Waals surface area contributed by atoms with E-state index in [0.717, 1.165) is 70.6 Å². The third-order valence-corrected chi connectivity index (χ3v) is 17.8. The van der Waals surface area contributed by atoms with Gasteiger partial charge in [-0.05, 0) is 77.0 Å². The average Bonchev–Trinajstić information content (AvgIpc) is 1.07. The Labute approximate surface area is 554 Å². The summed E-state index contributed by atoms with van der Waals surface area (Å²) in [6.45, 7) is 2.70. The van der Waals surface area contributed by atoms with Gasteiger partial charge in [0.25, 0.3) is 0 Å². The first-order valence-electron chi connectivity index (χ1n) is 37.3. The molecule has 2 saturated heterocycles. The summed E-state index contributed by atoms with van der Waals surface area (Å²) in [5, 5.41) is 87.5. The molecule has 2 aliphatic heterocycles. The van der Waals surface area contributed by atoms with E-state index in [1.807, 2.05) is 6.08 Å². The maximum Gasteiger partial charge on any atom is 0.220 e. The van der Waals surface area contributed by atoms with E-state index in [1.165, 1.54) is 199 Å². The molecule has 0 aromatic rings. The van der Waals surface area contributed by atoms with Gasteiger partial charge in [-0.2, -0.15) is 0 Å². The van der Waals surface area contributed by atoms with Crippen LogP contribution in [0, 0.1) is 0 Å². The van der Waals surface area contributed by atoms with Crippen molar-refractivity contribution in [3.8, 4) is 0 Å². The van der Waals surface area contributed by atoms with Gasteiger partial charge in [-0.15, -0.1) is 0 Å². The van der Waals surface area contributed by atoms with Crippen LogP contribution in [-0.2, 0) is 23.7 Å². The van der Waals surface area contributed by atoms with Crippen LogP contribution in [0.4, 0.5) is 0 Å². The molecule has 1 amide bonds. The minimum atomic E-state index is -1.80. The fourth-order valence-corrected chi connectivity index (χ4v) is 11.9. The van der Waals surface area contributed by atoms with E-state index in [9.17, 15) is 45.6 Å². The van der Waals surface area contributed by atoms with Gasteiger partial charge in [0.15, 0.2) is 12.6 Å². The zero-order valence-electron chi connectivity index (χ0n) is 57.6. The molecular formula is C77H137NO13. The lowest BCUT2D eigenvalue weighted by Gasteiger charge is -2.46. The predicted molar refractivity (Wildman–Crippen MR) is 373 cm³/mol. The van der Waals surface area contributed by atoms with Crippen LogP contribution < -0.4 is 5.32 Å². The van der Waals surface area contributed by atoms with Crippen LogP contribution in [0.2, 0.25) is 0 Å². The second-order valence-corrected chi connectivity index (χ2v) is 26.0. The van der Waals surface area contributed by atoms with E-state index in [1.54, 1.807) is 6.08 Å². The predicted octanol–water partition coefficient (Wildman–Crippen LogP) is 16.0. The van der Waals surface area contributed by atoms with E-state index < -0.39 is 86.8 Å². The van der Waals surface area contributed by atoms with E-state index in [4.69, 9.17) is 18.9 Å². The number of aliphatic hydroxyl groups is 8. The summed E-state index contributed by atoms with van der Waals surface area (Å²) in [5.41, 5.74) is 0. The third kappa shape index (κ3) is 44.5. The summed E-state index contributed by atoms with van der Waals surface area (Å²) in [7, 11) is 0. The highest BCUT2D eigenvalue weighted by molar-refractivity contribution is 5.76. The molecule has 0 aromatic carbocycles. The summed E-state index contributed by atoms with van der Waals surface area (Å²) < 4.78 is 22.9. The molecule has 0 bridgehead atoms. The first-order chi connectivity index (χ1) is 44.6. The van der Waals surface area contributed by atoms with E-state index in [-0.39, 0.29) is 18.9 Å². The zero-order valence-corrected chi connectivity index (χ0v) is 57.6. The number of unbranched alkanes of at least 4 members (excludes halogenated alkanes) is 36. The molecule has 2 aliphatic rings. The van der Waals surface area contributed by atoms with E-state index in [0.29, 0.717) is 12.8 Å². The average molecular weight is 1280 g/mol. The molecule has 12 atom stereocenters. The van der Waals surface area contributed by atoms with Gasteiger partial charge in [0.2, 0.25) is 5.91 Å². The molecule has 2 heterocycles. The molecule has 0 aromatic heterocycles. The molecule has 0 saturated carbocycles. The topological polar surface area (TPSA) is 228 Å². The third-order valence-electron chi connectivity index (χ3n) is 17.8. The monoisotopic (exact) mass is 1280 g/mol. The molecule has 2 rings (SSSR count). The van der Waals surface area contributed by atoms with Crippen molar-refractivity contribution in [1.29, 1.82) is 0 Å². The zero-order chi connectivity index (χ0) is 65.9. The molecule has 14 nitrogen and oxygen atoms in total. The van der Waals surface area contributed by atoms with Crippen LogP contribution in [0.15, 0.2) is 85.1 Å². The normalized spacial score (nSPS) is 23.3. The molecule has 14 heteroatoms. The van der Waals surface area contributed by atoms with Gasteiger partial charge < -0.3 is 65.1 Å². The minimum absolute atomic E-state index is 0.252. The number of hydrogen-bond acceptors (Lipinski definition) is 13. The van der Waals surface area contributed by atoms with Crippen molar-refractivity contribution >= 4 is 5.91 Å². The highest BCUT2D eigenvalue weighted by Gasteiger charge is 2.51. The molecule has 0 aliphatic carbocycles. The van der Waals surface area contributed by atoms with Crippen molar-refractivity contribution in [2.45, 2.75) is 376 Å². The van der Waals surface area contributed by atoms with Gasteiger partial charge in [-0.25, -0.2) is 0 Å². The SMILES string of the molecule is CC/C=C\C/C=C\C/C=C\C/C=C\C/C=C\CCCCCCCCCCCCCC(=O)NC(COC1OC(CO)C(OC2OC(CO)C(O)C(O)C2O)C(O)C1O)C(O)/C=C/CC/C=C/CCCCCCCCCCCCCCCCCCCCCCCCCC. The largest absolute Gasteiger partial charge is 0.394 e. The lowest BCUT2D eigenvalue weighted by Crippen LogP contribution is -2.65. The van der Waals surface area contributed by atoms with Gasteiger partial charge >= 0.3 is 0 Å². The van der Waals surface area contributed by atoms with Crippen LogP contribution in [0.25, 0.3) is 0 Å². The summed E-state index contributed by atoms with van der Waals surface area (Å²) in [5.74, 6) is -0.252. The highest BCUT2D eigenvalue weighted by Crippen LogP contribution is 2.30. The summed E-state index contributed by atoms with van der Waals surface area (Å²) in [4.78, 5) is 13.4. The number of aliphatic hydroxyl groups excluding tert-OH is 8. The van der Waals surface area contributed by atoms with Gasteiger partial charge in [0.1, 0.15) is 48.8 Å². The number of carbonyl (C=O) groups excluding carboxylic acids is 1. The lowest BCUT2D eigenvalue weighted by atomic mass is 9.97. The second kappa shape index (κ2) is 60.8. The number of nitrogens with one attached hydrogen (secondary N) is 1. The first-order valence-corrected chi connectivity index (χ1v) is 37.3. The van der Waals surface area contributed by atoms with Crippen molar-refractivity contribution in [2.75, 3.05) is 19.8 Å². The molecule has 91 heavy (non-hydrogen) atoms. The smallest absolute Gasteiger partial charge is 0.220 e. The van der Waals surface area contributed by atoms with Crippen LogP contribution in [0.1, 0.15) is 303 Å². The fraction of sp³-hybridized carbons (Fsp3) is 0.805. The number of ether oxygens (including phenoxy) is 4. The van der Waals surface area contributed by atoms with Crippen molar-refractivity contribution in [1.82, 2.24) is 5.32 Å². The van der Waals surface area contributed by atoms with Gasteiger partial charge in [0, 0.05) is 6.42 Å². The van der Waals surface area contributed by atoms with Crippen molar-refractivity contribution in [3.63, 3.8) is 0 Å². The Bertz CT molecular complexity index is 1850. The minimum Gasteiger partial charge on any atom is -0.394 e. The van der Waals surface area contributed by atoms with Gasteiger partial charge in [-0.3, -0.25) is 4.79 Å². The number of carbonyl (C=O) groups is 1. The Kier molecular flexibility index (Phi) is 56.3. The number of hydrogen-bond donors (Lipinski definition) is 9. The van der Waals surface area contributed by atoms with E-state index >= 15 is 0 Å². The number of allylic oxidation sites excluding steroid dienone is 13. The Morgan fingerprint density at radius 2 is 0.769 bits per heavy atom.